The fraction of sp³-hybridized carbons (Fsp3) is 0.438. The van der Waals surface area contributed by atoms with E-state index < -0.39 is 0 Å². The van der Waals surface area contributed by atoms with Gasteiger partial charge in [0.25, 0.3) is 0 Å². The predicted molar refractivity (Wildman–Crippen MR) is 88.7 cm³/mol. The Bertz CT molecular complexity index is 722. The largest absolute Gasteiger partial charge is 0.376 e. The highest BCUT2D eigenvalue weighted by atomic mass is 32.2. The summed E-state index contributed by atoms with van der Waals surface area (Å²) in [5.74, 6) is 0.0391. The van der Waals surface area contributed by atoms with E-state index >= 15 is 0 Å². The van der Waals surface area contributed by atoms with Crippen molar-refractivity contribution >= 4 is 34.6 Å². The van der Waals surface area contributed by atoms with Crippen molar-refractivity contribution in [2.45, 2.75) is 31.0 Å². The number of hydrogen-bond donors (Lipinski definition) is 1. The molecule has 7 heteroatoms. The summed E-state index contributed by atoms with van der Waals surface area (Å²) >= 11 is 1.27. The number of carbonyl (C=O) groups excluding carboxylic acids is 2. The second-order valence-corrected chi connectivity index (χ2v) is 6.41. The maximum absolute atomic E-state index is 12.0. The Balaban J connectivity index is 1.63. The van der Waals surface area contributed by atoms with Crippen LogP contribution < -0.4 is 5.32 Å². The highest BCUT2D eigenvalue weighted by Crippen LogP contribution is 2.23. The van der Waals surface area contributed by atoms with Gasteiger partial charge in [-0.1, -0.05) is 23.9 Å². The molecule has 122 valence electrons. The first-order valence-corrected chi connectivity index (χ1v) is 8.63. The van der Waals surface area contributed by atoms with Gasteiger partial charge in [-0.25, -0.2) is 4.98 Å². The number of thioether (sulfide) groups is 1. The van der Waals surface area contributed by atoms with Gasteiger partial charge >= 0.3 is 0 Å². The number of aromatic nitrogens is 2. The quantitative estimate of drug-likeness (QED) is 0.848. The summed E-state index contributed by atoms with van der Waals surface area (Å²) in [6.07, 6.45) is 2.18. The Morgan fingerprint density at radius 2 is 2.26 bits per heavy atom. The third kappa shape index (κ3) is 3.73. The average molecular weight is 333 g/mol. The van der Waals surface area contributed by atoms with Gasteiger partial charge in [0, 0.05) is 20.1 Å². The molecule has 1 amide bonds. The molecule has 1 aliphatic rings. The van der Waals surface area contributed by atoms with Gasteiger partial charge in [-0.05, 0) is 25.0 Å². The van der Waals surface area contributed by atoms with Crippen LogP contribution in [0.5, 0.6) is 0 Å². The second-order valence-electron chi connectivity index (χ2n) is 5.47. The maximum Gasteiger partial charge on any atom is 0.230 e. The number of benzene rings is 1. The van der Waals surface area contributed by atoms with Crippen LogP contribution in [0.4, 0.5) is 0 Å². The van der Waals surface area contributed by atoms with E-state index in [4.69, 9.17) is 4.74 Å². The predicted octanol–water partition coefficient (Wildman–Crippen LogP) is 2.08. The first-order valence-electron chi connectivity index (χ1n) is 7.64. The van der Waals surface area contributed by atoms with Crippen molar-refractivity contribution in [3.05, 3.63) is 24.3 Å². The van der Waals surface area contributed by atoms with E-state index in [0.29, 0.717) is 11.7 Å². The lowest BCUT2D eigenvalue weighted by Crippen LogP contribution is -2.33. The Labute approximate surface area is 138 Å². The summed E-state index contributed by atoms with van der Waals surface area (Å²) in [6, 6.07) is 7.45. The first-order chi connectivity index (χ1) is 11.1. The lowest BCUT2D eigenvalue weighted by atomic mass is 10.2. The molecule has 2 heterocycles. The average Bonchev–Trinajstić information content (AvgIpc) is 3.17. The minimum Gasteiger partial charge on any atom is -0.376 e. The highest BCUT2D eigenvalue weighted by Gasteiger charge is 2.18. The molecule has 1 unspecified atom stereocenters. The number of para-hydroxylation sites is 2. The molecule has 1 aromatic carbocycles. The first kappa shape index (κ1) is 16.0. The summed E-state index contributed by atoms with van der Waals surface area (Å²) in [7, 11) is 0. The fourth-order valence-corrected chi connectivity index (χ4v) is 3.50. The number of nitrogens with one attached hydrogen (secondary N) is 1. The molecule has 3 rings (SSSR count). The molecule has 1 N–H and O–H groups in total. The van der Waals surface area contributed by atoms with Crippen LogP contribution in [0.25, 0.3) is 11.0 Å². The van der Waals surface area contributed by atoms with Crippen LogP contribution >= 0.6 is 11.8 Å². The van der Waals surface area contributed by atoms with Crippen LogP contribution in [0.1, 0.15) is 24.6 Å². The second kappa shape index (κ2) is 7.14. The van der Waals surface area contributed by atoms with Gasteiger partial charge in [-0.3, -0.25) is 14.2 Å². The number of imidazole rings is 1. The van der Waals surface area contributed by atoms with Gasteiger partial charge in [-0.2, -0.15) is 0 Å². The standard InChI is InChI=1S/C16H19N3O3S/c1-11(20)19-14-7-3-2-6-13(14)18-16(19)23-10-15(21)17-9-12-5-4-8-22-12/h2-3,6-7,12H,4-5,8-10H2,1H3,(H,17,21). The van der Waals surface area contributed by atoms with Crippen molar-refractivity contribution in [1.82, 2.24) is 14.9 Å². The van der Waals surface area contributed by atoms with E-state index in [-0.39, 0.29) is 23.7 Å². The van der Waals surface area contributed by atoms with E-state index in [1.165, 1.54) is 18.7 Å². The molecule has 0 spiro atoms. The van der Waals surface area contributed by atoms with Crippen molar-refractivity contribution in [1.29, 1.82) is 0 Å². The van der Waals surface area contributed by atoms with E-state index in [9.17, 15) is 9.59 Å². The molecule has 23 heavy (non-hydrogen) atoms. The number of carbonyl (C=O) groups is 2. The fourth-order valence-electron chi connectivity index (χ4n) is 2.62. The van der Waals surface area contributed by atoms with Gasteiger partial charge < -0.3 is 10.1 Å². The number of hydrogen-bond acceptors (Lipinski definition) is 5. The summed E-state index contributed by atoms with van der Waals surface area (Å²) in [5, 5.41) is 3.42. The Morgan fingerprint density at radius 1 is 1.43 bits per heavy atom. The molecule has 6 nitrogen and oxygen atoms in total. The van der Waals surface area contributed by atoms with Crippen LogP contribution in [0.15, 0.2) is 29.4 Å². The van der Waals surface area contributed by atoms with Gasteiger partial charge in [0.15, 0.2) is 5.16 Å². The van der Waals surface area contributed by atoms with E-state index in [2.05, 4.69) is 10.3 Å². The topological polar surface area (TPSA) is 73.2 Å². The molecule has 1 aliphatic heterocycles. The molecule has 1 atom stereocenters. The summed E-state index contributed by atoms with van der Waals surface area (Å²) in [5.41, 5.74) is 1.52. The molecule has 1 fully saturated rings. The molecular weight excluding hydrogens is 314 g/mol. The summed E-state index contributed by atoms with van der Waals surface area (Å²) in [4.78, 5) is 28.3. The van der Waals surface area contributed by atoms with Gasteiger partial charge in [0.1, 0.15) is 0 Å². The maximum atomic E-state index is 12.0. The molecule has 2 aromatic rings. The summed E-state index contributed by atoms with van der Waals surface area (Å²) < 4.78 is 7.02. The molecular formula is C16H19N3O3S. The Morgan fingerprint density at radius 3 is 3.00 bits per heavy atom. The molecule has 0 aliphatic carbocycles. The number of ether oxygens (including phenoxy) is 1. The minimum absolute atomic E-state index is 0.0762. The van der Waals surface area contributed by atoms with Crippen molar-refractivity contribution in [3.8, 4) is 0 Å². The van der Waals surface area contributed by atoms with E-state index in [1.807, 2.05) is 24.3 Å². The van der Waals surface area contributed by atoms with E-state index in [0.717, 1.165) is 30.5 Å². The lowest BCUT2D eigenvalue weighted by Gasteiger charge is -2.10. The van der Waals surface area contributed by atoms with Crippen LogP contribution in [0.2, 0.25) is 0 Å². The third-order valence-corrected chi connectivity index (χ3v) is 4.67. The van der Waals surface area contributed by atoms with Crippen LogP contribution in [-0.4, -0.2) is 46.4 Å². The zero-order chi connectivity index (χ0) is 16.2. The van der Waals surface area contributed by atoms with Crippen molar-refractivity contribution in [2.24, 2.45) is 0 Å². The zero-order valence-electron chi connectivity index (χ0n) is 12.9. The number of rotatable bonds is 5. The van der Waals surface area contributed by atoms with Gasteiger partial charge in [0.2, 0.25) is 11.8 Å². The SMILES string of the molecule is CC(=O)n1c(SCC(=O)NCC2CCCO2)nc2ccccc21. The number of fused-ring (bicyclic) bond motifs is 1. The van der Waals surface area contributed by atoms with Crippen molar-refractivity contribution < 1.29 is 14.3 Å². The minimum atomic E-state index is -0.110. The molecule has 1 aromatic heterocycles. The summed E-state index contributed by atoms with van der Waals surface area (Å²) in [6.45, 7) is 2.82. The van der Waals surface area contributed by atoms with Crippen LogP contribution in [0.3, 0.4) is 0 Å². The van der Waals surface area contributed by atoms with E-state index in [1.54, 1.807) is 4.57 Å². The number of nitrogens with zero attached hydrogens (tertiary/aromatic N) is 2. The molecule has 0 bridgehead atoms. The molecule has 1 saturated heterocycles. The van der Waals surface area contributed by atoms with Gasteiger partial charge in [-0.15, -0.1) is 0 Å². The van der Waals surface area contributed by atoms with Crippen molar-refractivity contribution in [2.75, 3.05) is 18.9 Å². The van der Waals surface area contributed by atoms with Crippen molar-refractivity contribution in [3.63, 3.8) is 0 Å². The highest BCUT2D eigenvalue weighted by molar-refractivity contribution is 7.99. The molecule has 0 saturated carbocycles. The number of amides is 1. The monoisotopic (exact) mass is 333 g/mol. The van der Waals surface area contributed by atoms with Crippen LogP contribution in [-0.2, 0) is 9.53 Å². The zero-order valence-corrected chi connectivity index (χ0v) is 13.8. The van der Waals surface area contributed by atoms with Crippen LogP contribution in [0, 0.1) is 0 Å². The smallest absolute Gasteiger partial charge is 0.230 e. The lowest BCUT2D eigenvalue weighted by molar-refractivity contribution is -0.119. The Hall–Kier alpha value is -1.86. The van der Waals surface area contributed by atoms with Gasteiger partial charge in [0.05, 0.1) is 22.9 Å². The third-order valence-electron chi connectivity index (χ3n) is 3.73. The Kier molecular flexibility index (Phi) is 4.97. The normalized spacial score (nSPS) is 17.5. The molecule has 0 radical (unpaired) electrons.